The Bertz CT molecular complexity index is 1260. The minimum Gasteiger partial charge on any atom is -0.489 e. The van der Waals surface area contributed by atoms with Crippen LogP contribution >= 0.6 is 11.6 Å². The normalized spacial score (nSPS) is 18.4. The molecule has 1 N–H and O–H groups in total. The van der Waals surface area contributed by atoms with E-state index in [0.717, 1.165) is 69.2 Å². The fourth-order valence-electron chi connectivity index (χ4n) is 6.83. The van der Waals surface area contributed by atoms with Crippen LogP contribution in [0.2, 0.25) is 5.02 Å². The molecule has 0 heterocycles. The monoisotopic (exact) mass is 620 g/mol. The third kappa shape index (κ3) is 10.1. The van der Waals surface area contributed by atoms with E-state index in [0.29, 0.717) is 41.4 Å². The van der Waals surface area contributed by atoms with E-state index in [9.17, 15) is 14.4 Å². The summed E-state index contributed by atoms with van der Waals surface area (Å²) in [4.78, 5) is 37.8. The molecule has 2 aromatic carbocycles. The number of hydrogen-bond acceptors (Lipinski definition) is 4. The van der Waals surface area contributed by atoms with Crippen LogP contribution in [0.15, 0.2) is 59.9 Å². The van der Waals surface area contributed by atoms with Crippen LogP contribution < -0.4 is 0 Å². The maximum atomic E-state index is 13.7. The van der Waals surface area contributed by atoms with E-state index in [-0.39, 0.29) is 17.5 Å². The minimum absolute atomic E-state index is 0.0373. The molecule has 0 unspecified atom stereocenters. The average molecular weight is 621 g/mol. The quantitative estimate of drug-likeness (QED) is 0.158. The summed E-state index contributed by atoms with van der Waals surface area (Å²) in [7, 11) is 0. The molecule has 0 saturated heterocycles. The molecule has 1 fully saturated rings. The predicted molar refractivity (Wildman–Crippen MR) is 177 cm³/mol. The number of allylic oxidation sites excluding steroid dienone is 2. The van der Waals surface area contributed by atoms with E-state index in [1.807, 2.05) is 24.3 Å². The SMILES string of the molecule is O=C(O)CCCCCCCCCCCCCCCOC1=C([C@H]2CC[C@H](c3ccc(Cl)cc3)CC2)C(=O)c2ccccc2C1=O. The Morgan fingerprint density at radius 2 is 1.14 bits per heavy atom. The molecule has 2 aliphatic rings. The van der Waals surface area contributed by atoms with Crippen LogP contribution in [-0.2, 0) is 9.53 Å². The smallest absolute Gasteiger partial charge is 0.303 e. The van der Waals surface area contributed by atoms with Gasteiger partial charge in [0, 0.05) is 28.1 Å². The molecule has 0 atom stereocenters. The van der Waals surface area contributed by atoms with Gasteiger partial charge in [0.15, 0.2) is 11.5 Å². The molecule has 0 aromatic heterocycles. The van der Waals surface area contributed by atoms with Gasteiger partial charge in [-0.25, -0.2) is 0 Å². The fraction of sp³-hybridized carbons (Fsp3) is 0.553. The van der Waals surface area contributed by atoms with Gasteiger partial charge in [0.2, 0.25) is 5.78 Å². The number of carbonyl (C=O) groups is 3. The first-order chi connectivity index (χ1) is 21.5. The van der Waals surface area contributed by atoms with Gasteiger partial charge >= 0.3 is 5.97 Å². The van der Waals surface area contributed by atoms with Crippen molar-refractivity contribution in [2.24, 2.45) is 5.92 Å². The molecule has 2 aliphatic carbocycles. The summed E-state index contributed by atoms with van der Waals surface area (Å²) >= 11 is 6.09. The number of carboxylic acids is 1. The lowest BCUT2D eigenvalue weighted by molar-refractivity contribution is -0.137. The third-order valence-corrected chi connectivity index (χ3v) is 9.62. The first-order valence-electron chi connectivity index (χ1n) is 17.0. The van der Waals surface area contributed by atoms with Crippen molar-refractivity contribution < 1.29 is 24.2 Å². The molecule has 4 rings (SSSR count). The van der Waals surface area contributed by atoms with Crippen LogP contribution in [-0.4, -0.2) is 29.2 Å². The Kier molecular flexibility index (Phi) is 14.0. The number of benzene rings is 2. The van der Waals surface area contributed by atoms with Crippen molar-refractivity contribution in [1.82, 2.24) is 0 Å². The van der Waals surface area contributed by atoms with E-state index in [2.05, 4.69) is 12.1 Å². The summed E-state index contributed by atoms with van der Waals surface area (Å²) in [6, 6.07) is 15.3. The van der Waals surface area contributed by atoms with Crippen LogP contribution in [0.25, 0.3) is 0 Å². The number of carboxylic acid groups (broad SMARTS) is 1. The Morgan fingerprint density at radius 3 is 1.68 bits per heavy atom. The molecule has 0 bridgehead atoms. The van der Waals surface area contributed by atoms with Gasteiger partial charge in [-0.05, 0) is 68.1 Å². The van der Waals surface area contributed by atoms with Gasteiger partial charge in [0.1, 0.15) is 0 Å². The highest BCUT2D eigenvalue weighted by Crippen LogP contribution is 2.42. The van der Waals surface area contributed by atoms with Crippen LogP contribution in [0.4, 0.5) is 0 Å². The number of ketones is 2. The third-order valence-electron chi connectivity index (χ3n) is 9.37. The number of carbonyl (C=O) groups excluding carboxylic acids is 2. The largest absolute Gasteiger partial charge is 0.489 e. The Balaban J connectivity index is 1.18. The van der Waals surface area contributed by atoms with Crippen LogP contribution in [0.3, 0.4) is 0 Å². The van der Waals surface area contributed by atoms with Crippen molar-refractivity contribution >= 4 is 29.1 Å². The van der Waals surface area contributed by atoms with Gasteiger partial charge in [-0.3, -0.25) is 14.4 Å². The summed E-state index contributed by atoms with van der Waals surface area (Å²) < 4.78 is 6.20. The minimum atomic E-state index is -0.689. The topological polar surface area (TPSA) is 80.7 Å². The molecule has 1 saturated carbocycles. The number of halogens is 1. The molecular formula is C38H49ClO5. The molecule has 0 radical (unpaired) electrons. The summed E-state index contributed by atoms with van der Waals surface area (Å²) in [6.45, 7) is 0.465. The maximum absolute atomic E-state index is 13.7. The summed E-state index contributed by atoms with van der Waals surface area (Å²) in [5.74, 6) is -0.0955. The molecule has 0 spiro atoms. The van der Waals surface area contributed by atoms with E-state index in [1.54, 1.807) is 12.1 Å². The fourth-order valence-corrected chi connectivity index (χ4v) is 6.96. The van der Waals surface area contributed by atoms with Crippen molar-refractivity contribution in [2.45, 2.75) is 121 Å². The number of fused-ring (bicyclic) bond motifs is 1. The number of aliphatic carboxylic acids is 1. The summed E-state index contributed by atoms with van der Waals surface area (Å²) in [5, 5.41) is 9.42. The van der Waals surface area contributed by atoms with Crippen molar-refractivity contribution in [1.29, 1.82) is 0 Å². The standard InChI is InChI=1S/C38H49ClO5/c39-31-25-23-29(24-26-31)28-19-21-30(22-20-28)35-36(42)32-16-13-14-17-33(32)37(43)38(35)44-27-15-11-9-7-5-3-1-2-4-6-8-10-12-18-34(40)41/h13-14,16-17,23-26,28,30H,1-12,15,18-22,27H2,(H,40,41)/t28-,30-. The lowest BCUT2D eigenvalue weighted by Gasteiger charge is -2.32. The molecule has 5 nitrogen and oxygen atoms in total. The highest BCUT2D eigenvalue weighted by Gasteiger charge is 2.38. The Morgan fingerprint density at radius 1 is 0.659 bits per heavy atom. The zero-order chi connectivity index (χ0) is 31.1. The van der Waals surface area contributed by atoms with Crippen LogP contribution in [0.5, 0.6) is 0 Å². The zero-order valence-electron chi connectivity index (χ0n) is 26.2. The van der Waals surface area contributed by atoms with Gasteiger partial charge in [-0.1, -0.05) is 119 Å². The van der Waals surface area contributed by atoms with Crippen molar-refractivity contribution in [3.63, 3.8) is 0 Å². The molecule has 238 valence electrons. The molecule has 0 aliphatic heterocycles. The number of ether oxygens (including phenoxy) is 1. The second-order valence-electron chi connectivity index (χ2n) is 12.6. The molecule has 0 amide bonds. The van der Waals surface area contributed by atoms with Crippen molar-refractivity contribution in [3.05, 3.63) is 81.6 Å². The average Bonchev–Trinajstić information content (AvgIpc) is 3.03. The maximum Gasteiger partial charge on any atom is 0.303 e. The molecular weight excluding hydrogens is 572 g/mol. The van der Waals surface area contributed by atoms with E-state index < -0.39 is 5.97 Å². The highest BCUT2D eigenvalue weighted by atomic mass is 35.5. The lowest BCUT2D eigenvalue weighted by Crippen LogP contribution is -2.29. The molecule has 2 aromatic rings. The second kappa shape index (κ2) is 18.1. The number of Topliss-reactive ketones (excluding diaryl/α,β-unsaturated/α-hetero) is 2. The number of unbranched alkanes of at least 4 members (excludes halogenated alkanes) is 12. The van der Waals surface area contributed by atoms with E-state index in [1.165, 1.54) is 50.5 Å². The van der Waals surface area contributed by atoms with Crippen LogP contribution in [0.1, 0.15) is 148 Å². The van der Waals surface area contributed by atoms with Gasteiger partial charge in [0.25, 0.3) is 0 Å². The summed E-state index contributed by atoms with van der Waals surface area (Å²) in [5.41, 5.74) is 2.86. The Hall–Kier alpha value is -2.92. The van der Waals surface area contributed by atoms with Crippen molar-refractivity contribution in [3.8, 4) is 0 Å². The van der Waals surface area contributed by atoms with Gasteiger partial charge in [0.05, 0.1) is 6.61 Å². The molecule has 6 heteroatoms. The zero-order valence-corrected chi connectivity index (χ0v) is 26.9. The summed E-state index contributed by atoms with van der Waals surface area (Å²) in [6.07, 6.45) is 18.8. The predicted octanol–water partition coefficient (Wildman–Crippen LogP) is 10.5. The van der Waals surface area contributed by atoms with Crippen molar-refractivity contribution in [2.75, 3.05) is 6.61 Å². The van der Waals surface area contributed by atoms with E-state index in [4.69, 9.17) is 21.4 Å². The first-order valence-corrected chi connectivity index (χ1v) is 17.4. The number of hydrogen-bond donors (Lipinski definition) is 1. The Labute approximate surface area is 268 Å². The van der Waals surface area contributed by atoms with Gasteiger partial charge in [-0.15, -0.1) is 0 Å². The van der Waals surface area contributed by atoms with Gasteiger partial charge < -0.3 is 9.84 Å². The second-order valence-corrected chi connectivity index (χ2v) is 13.1. The first kappa shape index (κ1) is 34.0. The highest BCUT2D eigenvalue weighted by molar-refractivity contribution is 6.30. The van der Waals surface area contributed by atoms with E-state index >= 15 is 0 Å². The number of rotatable bonds is 19. The molecule has 44 heavy (non-hydrogen) atoms. The van der Waals surface area contributed by atoms with Gasteiger partial charge in [-0.2, -0.15) is 0 Å². The van der Waals surface area contributed by atoms with Crippen LogP contribution in [0, 0.1) is 5.92 Å². The lowest BCUT2D eigenvalue weighted by atomic mass is 9.72.